The second-order valence-corrected chi connectivity index (χ2v) is 6.85. The molecule has 27 heavy (non-hydrogen) atoms. The standard InChI is InChI=1S/C19H22N6O2/c1-23-7-8-24-9-10-25(13-16(24)18(23)27)17(26)14-11-20-19(21-12-14)22-15-5-3-2-4-6-15/h2-6,11-12,16H,7-10,13H2,1H3,(H,20,21,22). The summed E-state index contributed by atoms with van der Waals surface area (Å²) in [5.41, 5.74) is 1.31. The summed E-state index contributed by atoms with van der Waals surface area (Å²) in [5.74, 6) is 0.381. The number of hydrogen-bond acceptors (Lipinski definition) is 6. The van der Waals surface area contributed by atoms with E-state index in [9.17, 15) is 9.59 Å². The van der Waals surface area contributed by atoms with E-state index in [1.54, 1.807) is 9.80 Å². The number of hydrogen-bond donors (Lipinski definition) is 1. The fourth-order valence-corrected chi connectivity index (χ4v) is 3.49. The van der Waals surface area contributed by atoms with Gasteiger partial charge in [0.2, 0.25) is 11.9 Å². The van der Waals surface area contributed by atoms with Crippen molar-refractivity contribution in [2.75, 3.05) is 45.1 Å². The first-order valence-corrected chi connectivity index (χ1v) is 9.04. The highest BCUT2D eigenvalue weighted by molar-refractivity contribution is 5.94. The Kier molecular flexibility index (Phi) is 4.72. The molecule has 1 aromatic carbocycles. The first kappa shape index (κ1) is 17.4. The van der Waals surface area contributed by atoms with Crippen LogP contribution in [-0.2, 0) is 4.79 Å². The number of nitrogens with one attached hydrogen (secondary N) is 1. The monoisotopic (exact) mass is 366 g/mol. The minimum Gasteiger partial charge on any atom is -0.343 e. The van der Waals surface area contributed by atoms with E-state index in [0.29, 0.717) is 31.1 Å². The van der Waals surface area contributed by atoms with Crippen molar-refractivity contribution in [2.24, 2.45) is 0 Å². The van der Waals surface area contributed by atoms with Gasteiger partial charge in [-0.05, 0) is 12.1 Å². The molecule has 3 heterocycles. The molecule has 1 N–H and O–H groups in total. The predicted octanol–water partition coefficient (Wildman–Crippen LogP) is 0.819. The van der Waals surface area contributed by atoms with Gasteiger partial charge in [-0.25, -0.2) is 9.97 Å². The molecule has 0 bridgehead atoms. The van der Waals surface area contributed by atoms with Crippen molar-refractivity contribution in [1.29, 1.82) is 0 Å². The zero-order valence-electron chi connectivity index (χ0n) is 15.2. The van der Waals surface area contributed by atoms with E-state index in [1.165, 1.54) is 12.4 Å². The lowest BCUT2D eigenvalue weighted by atomic mass is 10.1. The average molecular weight is 366 g/mol. The van der Waals surface area contributed by atoms with Crippen LogP contribution in [-0.4, -0.2) is 82.3 Å². The Morgan fingerprint density at radius 1 is 1.07 bits per heavy atom. The Balaban J connectivity index is 1.43. The number of aromatic nitrogens is 2. The van der Waals surface area contributed by atoms with Crippen LogP contribution in [0.3, 0.4) is 0 Å². The maximum absolute atomic E-state index is 12.8. The van der Waals surface area contributed by atoms with Crippen molar-refractivity contribution in [2.45, 2.75) is 6.04 Å². The molecule has 2 amide bonds. The van der Waals surface area contributed by atoms with Crippen LogP contribution in [0.1, 0.15) is 10.4 Å². The summed E-state index contributed by atoms with van der Waals surface area (Å²) in [7, 11) is 1.81. The molecule has 2 aliphatic heterocycles. The topological polar surface area (TPSA) is 81.7 Å². The minimum atomic E-state index is -0.249. The molecular weight excluding hydrogens is 344 g/mol. The van der Waals surface area contributed by atoms with Gasteiger partial charge in [-0.3, -0.25) is 14.5 Å². The Bertz CT molecular complexity index is 826. The highest BCUT2D eigenvalue weighted by Crippen LogP contribution is 2.18. The van der Waals surface area contributed by atoms with Crippen molar-refractivity contribution in [3.63, 3.8) is 0 Å². The van der Waals surface area contributed by atoms with Crippen molar-refractivity contribution in [1.82, 2.24) is 24.7 Å². The Morgan fingerprint density at radius 3 is 2.52 bits per heavy atom. The molecule has 8 nitrogen and oxygen atoms in total. The molecule has 2 fully saturated rings. The van der Waals surface area contributed by atoms with Gasteiger partial charge in [0.1, 0.15) is 6.04 Å². The van der Waals surface area contributed by atoms with Gasteiger partial charge in [0.15, 0.2) is 0 Å². The van der Waals surface area contributed by atoms with Gasteiger partial charge < -0.3 is 15.1 Å². The van der Waals surface area contributed by atoms with Crippen LogP contribution in [0.15, 0.2) is 42.7 Å². The second-order valence-electron chi connectivity index (χ2n) is 6.85. The number of fused-ring (bicyclic) bond motifs is 1. The van der Waals surface area contributed by atoms with Crippen molar-refractivity contribution >= 4 is 23.5 Å². The van der Waals surface area contributed by atoms with E-state index in [1.807, 2.05) is 37.4 Å². The molecule has 0 spiro atoms. The Labute approximate surface area is 157 Å². The molecule has 4 rings (SSSR count). The zero-order chi connectivity index (χ0) is 18.8. The lowest BCUT2D eigenvalue weighted by molar-refractivity contribution is -0.142. The third-order valence-corrected chi connectivity index (χ3v) is 5.09. The maximum atomic E-state index is 12.8. The van der Waals surface area contributed by atoms with Crippen molar-refractivity contribution in [3.05, 3.63) is 48.3 Å². The zero-order valence-corrected chi connectivity index (χ0v) is 15.2. The van der Waals surface area contributed by atoms with Gasteiger partial charge >= 0.3 is 0 Å². The van der Waals surface area contributed by atoms with Crippen molar-refractivity contribution < 1.29 is 9.59 Å². The van der Waals surface area contributed by atoms with Gasteiger partial charge in [0.25, 0.3) is 5.91 Å². The van der Waals surface area contributed by atoms with Crippen LogP contribution < -0.4 is 5.32 Å². The lowest BCUT2D eigenvalue weighted by Crippen LogP contribution is -2.64. The van der Waals surface area contributed by atoms with Gasteiger partial charge in [-0.15, -0.1) is 0 Å². The maximum Gasteiger partial charge on any atom is 0.257 e. The number of amides is 2. The van der Waals surface area contributed by atoms with Gasteiger partial charge in [0.05, 0.1) is 5.56 Å². The van der Waals surface area contributed by atoms with E-state index >= 15 is 0 Å². The number of carbonyl (C=O) groups is 2. The smallest absolute Gasteiger partial charge is 0.257 e. The molecule has 2 aliphatic rings. The summed E-state index contributed by atoms with van der Waals surface area (Å²) in [6, 6.07) is 9.36. The lowest BCUT2D eigenvalue weighted by Gasteiger charge is -2.45. The molecule has 1 aromatic heterocycles. The van der Waals surface area contributed by atoms with Crippen LogP contribution in [0.25, 0.3) is 0 Å². The highest BCUT2D eigenvalue weighted by atomic mass is 16.2. The number of benzene rings is 1. The molecule has 0 aliphatic carbocycles. The van der Waals surface area contributed by atoms with Gasteiger partial charge in [-0.1, -0.05) is 18.2 Å². The number of anilines is 2. The molecule has 2 saturated heterocycles. The second kappa shape index (κ2) is 7.32. The normalized spacial score (nSPS) is 20.3. The number of para-hydroxylation sites is 1. The quantitative estimate of drug-likeness (QED) is 0.866. The van der Waals surface area contributed by atoms with E-state index < -0.39 is 0 Å². The fourth-order valence-electron chi connectivity index (χ4n) is 3.49. The SMILES string of the molecule is CN1CCN2CCN(C(=O)c3cnc(Nc4ccccc4)nc3)CC2C1=O. The first-order chi connectivity index (χ1) is 13.1. The Hall–Kier alpha value is -3.00. The number of carbonyl (C=O) groups excluding carboxylic acids is 2. The van der Waals surface area contributed by atoms with Gasteiger partial charge in [-0.2, -0.15) is 0 Å². The van der Waals surface area contributed by atoms with Gasteiger partial charge in [0, 0.05) is 57.9 Å². The van der Waals surface area contributed by atoms with Crippen LogP contribution >= 0.6 is 0 Å². The van der Waals surface area contributed by atoms with Crippen LogP contribution in [0.5, 0.6) is 0 Å². The predicted molar refractivity (Wildman–Crippen MR) is 101 cm³/mol. The summed E-state index contributed by atoms with van der Waals surface area (Å²) >= 11 is 0. The molecule has 0 radical (unpaired) electrons. The van der Waals surface area contributed by atoms with E-state index in [2.05, 4.69) is 20.2 Å². The number of likely N-dealkylation sites (N-methyl/N-ethyl adjacent to an activating group) is 1. The number of rotatable bonds is 3. The number of piperazine rings is 2. The summed E-state index contributed by atoms with van der Waals surface area (Å²) in [4.78, 5) is 39.3. The summed E-state index contributed by atoms with van der Waals surface area (Å²) < 4.78 is 0. The van der Waals surface area contributed by atoms with Crippen molar-refractivity contribution in [3.8, 4) is 0 Å². The van der Waals surface area contributed by atoms with Crippen LogP contribution in [0, 0.1) is 0 Å². The molecule has 0 saturated carbocycles. The fraction of sp³-hybridized carbons (Fsp3) is 0.368. The Morgan fingerprint density at radius 2 is 1.78 bits per heavy atom. The summed E-state index contributed by atoms with van der Waals surface area (Å²) in [6.45, 7) is 3.33. The minimum absolute atomic E-state index is 0.0809. The summed E-state index contributed by atoms with van der Waals surface area (Å²) in [6.07, 6.45) is 3.06. The molecule has 1 unspecified atom stereocenters. The summed E-state index contributed by atoms with van der Waals surface area (Å²) in [5, 5.41) is 3.09. The van der Waals surface area contributed by atoms with E-state index in [4.69, 9.17) is 0 Å². The highest BCUT2D eigenvalue weighted by Gasteiger charge is 2.38. The first-order valence-electron chi connectivity index (χ1n) is 9.04. The van der Waals surface area contributed by atoms with Crippen LogP contribution in [0.4, 0.5) is 11.6 Å². The third-order valence-electron chi connectivity index (χ3n) is 5.09. The van der Waals surface area contributed by atoms with E-state index in [0.717, 1.165) is 18.8 Å². The molecular formula is C19H22N6O2. The molecule has 2 aromatic rings. The molecule has 1 atom stereocenters. The molecule has 140 valence electrons. The third kappa shape index (κ3) is 3.61. The number of nitrogens with zero attached hydrogens (tertiary/aromatic N) is 5. The van der Waals surface area contributed by atoms with E-state index in [-0.39, 0.29) is 17.9 Å². The molecule has 8 heteroatoms. The average Bonchev–Trinajstić information content (AvgIpc) is 2.71. The van der Waals surface area contributed by atoms with Crippen LogP contribution in [0.2, 0.25) is 0 Å². The largest absolute Gasteiger partial charge is 0.343 e.